The number of nitrogens with zero attached hydrogens (tertiary/aromatic N) is 1. The molecule has 0 atom stereocenters. The molecule has 0 heterocycles. The van der Waals surface area contributed by atoms with Gasteiger partial charge in [-0.2, -0.15) is 0 Å². The van der Waals surface area contributed by atoms with Gasteiger partial charge in [0.2, 0.25) is 0 Å². The third kappa shape index (κ3) is 1220. The number of hydrazine groups is 1. The van der Waals surface area contributed by atoms with E-state index in [9.17, 15) is 0 Å². The topological polar surface area (TPSA) is 115 Å². The molecule has 0 saturated carbocycles. The van der Waals surface area contributed by atoms with Gasteiger partial charge in [0, 0.05) is 19.5 Å². The average molecular weight is 160 g/mol. The van der Waals surface area contributed by atoms with E-state index in [0.29, 0.717) is 0 Å². The monoisotopic (exact) mass is 159 g/mol. The van der Waals surface area contributed by atoms with Gasteiger partial charge in [0.05, 0.1) is 0 Å². The summed E-state index contributed by atoms with van der Waals surface area (Å²) in [6.07, 6.45) is 0. The second kappa shape index (κ2) is 17.2. The van der Waals surface area contributed by atoms with Gasteiger partial charge in [-0.1, -0.05) is 0 Å². The maximum Gasteiger partial charge on any atom is 0.291 e. The fourth-order valence-electron chi connectivity index (χ4n) is 0. The summed E-state index contributed by atoms with van der Waals surface area (Å²) in [5.74, 6) is 8.00. The fourth-order valence-corrected chi connectivity index (χ4v) is 0. The van der Waals surface area contributed by atoms with Crippen LogP contribution >= 0.6 is 0 Å². The van der Waals surface area contributed by atoms with Crippen LogP contribution in [0.15, 0.2) is 0 Å². The predicted octanol–water partition coefficient (Wildman–Crippen LogP) is -1.53. The van der Waals surface area contributed by atoms with Gasteiger partial charge >= 0.3 is 0 Å². The standard InChI is InChI=1S/H4N2.HNO3.Zn/c1-2;2-1(3)4;/h1-2H2;(H,2,3,4);. The number of hydrogen-bond acceptors (Lipinski definition) is 4. The van der Waals surface area contributed by atoms with E-state index in [2.05, 4.69) is 11.7 Å². The normalized spacial score (nSPS) is 4.29. The van der Waals surface area contributed by atoms with E-state index in [1.54, 1.807) is 0 Å². The van der Waals surface area contributed by atoms with Crippen molar-refractivity contribution in [2.75, 3.05) is 0 Å². The summed E-state index contributed by atoms with van der Waals surface area (Å²) < 4.78 is 0. The first-order valence-electron chi connectivity index (χ1n) is 0.898. The summed E-state index contributed by atoms with van der Waals surface area (Å²) in [5, 5.41) is 13.6. The molecule has 0 aromatic carbocycles. The van der Waals surface area contributed by atoms with Crippen molar-refractivity contribution < 1.29 is 29.8 Å². The van der Waals surface area contributed by atoms with Gasteiger partial charge in [-0.15, -0.1) is 10.1 Å². The summed E-state index contributed by atoms with van der Waals surface area (Å²) in [6, 6.07) is 0. The minimum Gasteiger partial charge on any atom is -0.328 e. The summed E-state index contributed by atoms with van der Waals surface area (Å²) >= 11 is 0. The molecule has 0 spiro atoms. The minimum atomic E-state index is -1.50. The molecule has 7 heteroatoms. The third-order valence-corrected chi connectivity index (χ3v) is 0. The Bertz CT molecular complexity index is 33.2. The van der Waals surface area contributed by atoms with Crippen LogP contribution in [0.4, 0.5) is 0 Å². The van der Waals surface area contributed by atoms with Crippen molar-refractivity contribution in [3.8, 4) is 0 Å². The molecule has 0 rings (SSSR count). The van der Waals surface area contributed by atoms with Gasteiger partial charge in [0.1, 0.15) is 0 Å². The smallest absolute Gasteiger partial charge is 0.291 e. The molecule has 6 nitrogen and oxygen atoms in total. The van der Waals surface area contributed by atoms with Gasteiger partial charge in [-0.25, -0.2) is 0 Å². The molecular weight excluding hydrogens is 155 g/mol. The molecule has 40 valence electrons. The third-order valence-electron chi connectivity index (χ3n) is 0. The first-order valence-corrected chi connectivity index (χ1v) is 0.898. The van der Waals surface area contributed by atoms with Crippen LogP contribution in [0.1, 0.15) is 0 Å². The Labute approximate surface area is 52.3 Å². The first-order chi connectivity index (χ1) is 2.73. The van der Waals surface area contributed by atoms with Crippen LogP contribution < -0.4 is 11.7 Å². The number of nitrogens with two attached hydrogens (primary N) is 2. The molecule has 0 unspecified atom stereocenters. The van der Waals surface area contributed by atoms with Gasteiger partial charge in [-0.05, 0) is 0 Å². The maximum atomic E-state index is 8.36. The fraction of sp³-hybridized carbons (Fsp3) is 0. The van der Waals surface area contributed by atoms with Crippen LogP contribution in [0.25, 0.3) is 0 Å². The van der Waals surface area contributed by atoms with Crippen molar-refractivity contribution in [2.45, 2.75) is 0 Å². The Hall–Kier alpha value is -0.257. The zero-order valence-corrected chi connectivity index (χ0v) is 6.54. The molecule has 0 fully saturated rings. The van der Waals surface area contributed by atoms with Crippen LogP contribution in [0, 0.1) is 10.1 Å². The van der Waals surface area contributed by atoms with Crippen LogP contribution in [0.3, 0.4) is 0 Å². The van der Waals surface area contributed by atoms with Crippen LogP contribution in [-0.2, 0) is 19.5 Å². The van der Waals surface area contributed by atoms with E-state index in [4.69, 9.17) is 15.3 Å². The van der Waals surface area contributed by atoms with E-state index >= 15 is 0 Å². The van der Waals surface area contributed by atoms with Crippen molar-refractivity contribution in [3.63, 3.8) is 0 Å². The first kappa shape index (κ1) is 15.9. The van der Waals surface area contributed by atoms with E-state index in [1.807, 2.05) is 0 Å². The maximum absolute atomic E-state index is 8.36. The molecule has 7 heavy (non-hydrogen) atoms. The molecule has 0 aromatic rings. The number of hydrogen-bond donors (Lipinski definition) is 3. The van der Waals surface area contributed by atoms with Crippen molar-refractivity contribution in [2.24, 2.45) is 11.7 Å². The van der Waals surface area contributed by atoms with Crippen molar-refractivity contribution in [3.05, 3.63) is 10.1 Å². The van der Waals surface area contributed by atoms with E-state index in [1.165, 1.54) is 0 Å². The number of rotatable bonds is 0. The van der Waals surface area contributed by atoms with E-state index in [-0.39, 0.29) is 19.5 Å². The summed E-state index contributed by atoms with van der Waals surface area (Å²) in [6.45, 7) is 0. The molecule has 0 bridgehead atoms. The van der Waals surface area contributed by atoms with Crippen LogP contribution in [-0.4, -0.2) is 10.3 Å². The zero-order chi connectivity index (χ0) is 5.58. The van der Waals surface area contributed by atoms with Crippen LogP contribution in [0.5, 0.6) is 0 Å². The molecule has 0 aliphatic carbocycles. The molecular formula is H5N3O3Zn. The largest absolute Gasteiger partial charge is 0.328 e. The van der Waals surface area contributed by atoms with Gasteiger partial charge in [-0.3, -0.25) is 11.7 Å². The van der Waals surface area contributed by atoms with Crippen molar-refractivity contribution in [1.29, 1.82) is 0 Å². The molecule has 0 saturated heterocycles. The molecule has 0 amide bonds. The molecule has 0 radical (unpaired) electrons. The second-order valence-corrected chi connectivity index (χ2v) is 0.238. The Morgan fingerprint density at radius 1 is 1.57 bits per heavy atom. The summed E-state index contributed by atoms with van der Waals surface area (Å²) in [4.78, 5) is 8.36. The SMILES string of the molecule is NN.O=[N+]([O-])O.[Zn]. The van der Waals surface area contributed by atoms with Gasteiger partial charge in [0.15, 0.2) is 0 Å². The zero-order valence-electron chi connectivity index (χ0n) is 3.57. The molecule has 5 N–H and O–H groups in total. The quantitative estimate of drug-likeness (QED) is 0.172. The molecule has 0 aromatic heterocycles. The van der Waals surface area contributed by atoms with Gasteiger partial charge in [0.25, 0.3) is 5.09 Å². The Morgan fingerprint density at radius 3 is 1.57 bits per heavy atom. The Kier molecular flexibility index (Phi) is 38.9. The summed E-state index contributed by atoms with van der Waals surface area (Å²) in [5.41, 5.74) is 0. The molecule has 0 aliphatic rings. The van der Waals surface area contributed by atoms with E-state index < -0.39 is 5.09 Å². The average Bonchev–Trinajstić information content (AvgIpc) is 1.41. The Balaban J connectivity index is -0.0000000480. The minimum absolute atomic E-state index is 0. The summed E-state index contributed by atoms with van der Waals surface area (Å²) in [7, 11) is 0. The van der Waals surface area contributed by atoms with Crippen molar-refractivity contribution >= 4 is 0 Å². The van der Waals surface area contributed by atoms with E-state index in [0.717, 1.165) is 0 Å². The molecule has 0 aliphatic heterocycles. The Morgan fingerprint density at radius 2 is 1.57 bits per heavy atom. The van der Waals surface area contributed by atoms with Crippen molar-refractivity contribution in [1.82, 2.24) is 0 Å². The van der Waals surface area contributed by atoms with Crippen LogP contribution in [0.2, 0.25) is 0 Å². The van der Waals surface area contributed by atoms with Gasteiger partial charge < -0.3 is 5.21 Å². The predicted molar refractivity (Wildman–Crippen MR) is 17.2 cm³/mol. The second-order valence-electron chi connectivity index (χ2n) is 0.238.